The molecule has 0 aliphatic rings. The lowest BCUT2D eigenvalue weighted by molar-refractivity contribution is -0.137. The van der Waals surface area contributed by atoms with E-state index in [2.05, 4.69) is 10.1 Å². The number of carbonyl (C=O) groups is 2. The number of amides is 1. The van der Waals surface area contributed by atoms with Crippen molar-refractivity contribution in [1.29, 1.82) is 0 Å². The molecule has 0 atom stereocenters. The number of likely N-dealkylation sites (N-methyl/N-ethyl adjacent to an activating group) is 1. The summed E-state index contributed by atoms with van der Waals surface area (Å²) in [5.74, 6) is -1.42. The average molecular weight is 262 g/mol. The first-order valence-electron chi connectivity index (χ1n) is 5.85. The van der Waals surface area contributed by atoms with Crippen molar-refractivity contribution < 1.29 is 14.7 Å². The molecule has 7 nitrogen and oxygen atoms in total. The highest BCUT2D eigenvalue weighted by Gasteiger charge is 2.21. The van der Waals surface area contributed by atoms with E-state index >= 15 is 0 Å². The minimum absolute atomic E-state index is 0.312. The number of aromatic nitrogens is 3. The van der Waals surface area contributed by atoms with Gasteiger partial charge in [0.1, 0.15) is 12.1 Å². The van der Waals surface area contributed by atoms with Crippen LogP contribution in [0.5, 0.6) is 0 Å². The molecule has 2 aromatic rings. The smallest absolute Gasteiger partial charge is 0.323 e. The number of aliphatic carboxylic acids is 1. The van der Waals surface area contributed by atoms with Crippen molar-refractivity contribution in [3.05, 3.63) is 29.7 Å². The molecule has 1 amide bonds. The fraction of sp³-hybridized carbons (Fsp3) is 0.333. The van der Waals surface area contributed by atoms with E-state index in [4.69, 9.17) is 5.11 Å². The highest BCUT2D eigenvalue weighted by Crippen LogP contribution is 2.11. The highest BCUT2D eigenvalue weighted by atomic mass is 16.4. The van der Waals surface area contributed by atoms with Gasteiger partial charge in [-0.1, -0.05) is 0 Å². The van der Waals surface area contributed by atoms with E-state index in [-0.39, 0.29) is 12.5 Å². The second-order valence-electron chi connectivity index (χ2n) is 4.11. The van der Waals surface area contributed by atoms with E-state index in [0.717, 1.165) is 5.69 Å². The Bertz CT molecular complexity index is 635. The van der Waals surface area contributed by atoms with Crippen LogP contribution in [0.4, 0.5) is 0 Å². The number of aryl methyl sites for hydroxylation is 1. The maximum atomic E-state index is 12.3. The summed E-state index contributed by atoms with van der Waals surface area (Å²) in [5, 5.41) is 12.8. The van der Waals surface area contributed by atoms with E-state index in [1.54, 1.807) is 19.2 Å². The van der Waals surface area contributed by atoms with Crippen LogP contribution in [0.3, 0.4) is 0 Å². The Balaban J connectivity index is 2.40. The Morgan fingerprint density at radius 2 is 2.21 bits per heavy atom. The van der Waals surface area contributed by atoms with Crippen LogP contribution in [0, 0.1) is 6.92 Å². The van der Waals surface area contributed by atoms with Gasteiger partial charge in [-0.15, -0.1) is 0 Å². The molecule has 100 valence electrons. The van der Waals surface area contributed by atoms with Gasteiger partial charge in [0.05, 0.1) is 6.20 Å². The summed E-state index contributed by atoms with van der Waals surface area (Å²) in [5.41, 5.74) is 1.52. The zero-order valence-corrected chi connectivity index (χ0v) is 10.7. The molecule has 19 heavy (non-hydrogen) atoms. The SMILES string of the molecule is CCN(CC(=O)O)C(=O)c1cnn2ccc(C)nc12. The summed E-state index contributed by atoms with van der Waals surface area (Å²) in [6, 6.07) is 1.78. The van der Waals surface area contributed by atoms with Crippen LogP contribution < -0.4 is 0 Å². The maximum absolute atomic E-state index is 12.3. The fourth-order valence-corrected chi connectivity index (χ4v) is 1.77. The number of fused-ring (bicyclic) bond motifs is 1. The van der Waals surface area contributed by atoms with Crippen LogP contribution in [0.1, 0.15) is 23.0 Å². The summed E-state index contributed by atoms with van der Waals surface area (Å²) in [6.07, 6.45) is 3.12. The second-order valence-corrected chi connectivity index (χ2v) is 4.11. The molecule has 0 aliphatic heterocycles. The maximum Gasteiger partial charge on any atom is 0.323 e. The van der Waals surface area contributed by atoms with E-state index in [9.17, 15) is 9.59 Å². The van der Waals surface area contributed by atoms with Crippen molar-refractivity contribution >= 4 is 17.5 Å². The van der Waals surface area contributed by atoms with Gasteiger partial charge in [0.25, 0.3) is 5.91 Å². The van der Waals surface area contributed by atoms with Gasteiger partial charge >= 0.3 is 5.97 Å². The number of rotatable bonds is 4. The third kappa shape index (κ3) is 2.54. The van der Waals surface area contributed by atoms with Crippen LogP contribution in [0.2, 0.25) is 0 Å². The molecule has 0 saturated heterocycles. The van der Waals surface area contributed by atoms with Crippen LogP contribution in [0.15, 0.2) is 18.5 Å². The van der Waals surface area contributed by atoms with Crippen molar-refractivity contribution in [2.24, 2.45) is 0 Å². The van der Waals surface area contributed by atoms with Crippen LogP contribution in [-0.2, 0) is 4.79 Å². The molecule has 2 aromatic heterocycles. The Kier molecular flexibility index (Phi) is 3.46. The molecule has 0 aromatic carbocycles. The van der Waals surface area contributed by atoms with Gasteiger partial charge in [-0.2, -0.15) is 5.10 Å². The molecule has 7 heteroatoms. The van der Waals surface area contributed by atoms with Crippen molar-refractivity contribution in [2.75, 3.05) is 13.1 Å². The zero-order valence-electron chi connectivity index (χ0n) is 10.7. The quantitative estimate of drug-likeness (QED) is 0.871. The molecule has 2 heterocycles. The Labute approximate surface area is 109 Å². The zero-order chi connectivity index (χ0) is 14.0. The third-order valence-corrected chi connectivity index (χ3v) is 2.73. The summed E-state index contributed by atoms with van der Waals surface area (Å²) in [7, 11) is 0. The molecule has 1 N–H and O–H groups in total. The highest BCUT2D eigenvalue weighted by molar-refractivity contribution is 6.00. The minimum Gasteiger partial charge on any atom is -0.480 e. The Morgan fingerprint density at radius 3 is 2.84 bits per heavy atom. The van der Waals surface area contributed by atoms with Crippen LogP contribution >= 0.6 is 0 Å². The van der Waals surface area contributed by atoms with E-state index in [1.165, 1.54) is 15.6 Å². The monoisotopic (exact) mass is 262 g/mol. The second kappa shape index (κ2) is 5.05. The summed E-state index contributed by atoms with van der Waals surface area (Å²) < 4.78 is 1.49. The van der Waals surface area contributed by atoms with Gasteiger partial charge in [0.15, 0.2) is 5.65 Å². The number of carbonyl (C=O) groups excluding carboxylic acids is 1. The fourth-order valence-electron chi connectivity index (χ4n) is 1.77. The van der Waals surface area contributed by atoms with Crippen LogP contribution in [0.25, 0.3) is 5.65 Å². The first-order valence-corrected chi connectivity index (χ1v) is 5.85. The molecule has 0 bridgehead atoms. The van der Waals surface area contributed by atoms with Crippen molar-refractivity contribution in [1.82, 2.24) is 19.5 Å². The standard InChI is InChI=1S/C12H14N4O3/c1-3-15(7-10(17)18)12(19)9-6-13-16-5-4-8(2)14-11(9)16/h4-6H,3,7H2,1-2H3,(H,17,18). The Hall–Kier alpha value is -2.44. The average Bonchev–Trinajstić information content (AvgIpc) is 2.77. The molecule has 0 fully saturated rings. The molecule has 0 aliphatic carbocycles. The van der Waals surface area contributed by atoms with Crippen molar-refractivity contribution in [3.63, 3.8) is 0 Å². The van der Waals surface area contributed by atoms with Gasteiger partial charge < -0.3 is 10.0 Å². The number of hydrogen-bond acceptors (Lipinski definition) is 4. The lowest BCUT2D eigenvalue weighted by atomic mass is 10.2. The topological polar surface area (TPSA) is 87.8 Å². The molecule has 0 saturated carbocycles. The normalized spacial score (nSPS) is 10.6. The summed E-state index contributed by atoms with van der Waals surface area (Å²) in [6.45, 7) is 3.52. The van der Waals surface area contributed by atoms with Gasteiger partial charge in [-0.05, 0) is 19.9 Å². The van der Waals surface area contributed by atoms with Crippen molar-refractivity contribution in [2.45, 2.75) is 13.8 Å². The summed E-state index contributed by atoms with van der Waals surface area (Å²) >= 11 is 0. The molecule has 0 spiro atoms. The van der Waals surface area contributed by atoms with Crippen molar-refractivity contribution in [3.8, 4) is 0 Å². The first-order chi connectivity index (χ1) is 9.02. The molecule has 0 unspecified atom stereocenters. The summed E-state index contributed by atoms with van der Waals surface area (Å²) in [4.78, 5) is 28.5. The predicted molar refractivity (Wildman–Crippen MR) is 66.9 cm³/mol. The van der Waals surface area contributed by atoms with E-state index in [0.29, 0.717) is 17.8 Å². The Morgan fingerprint density at radius 1 is 1.47 bits per heavy atom. The molecule has 2 rings (SSSR count). The largest absolute Gasteiger partial charge is 0.480 e. The van der Waals surface area contributed by atoms with Gasteiger partial charge in [-0.3, -0.25) is 9.59 Å². The molecular formula is C12H14N4O3. The van der Waals surface area contributed by atoms with E-state index in [1.807, 2.05) is 6.92 Å². The third-order valence-electron chi connectivity index (χ3n) is 2.73. The number of nitrogens with zero attached hydrogens (tertiary/aromatic N) is 4. The van der Waals surface area contributed by atoms with Gasteiger partial charge in [-0.25, -0.2) is 9.50 Å². The van der Waals surface area contributed by atoms with Crippen LogP contribution in [-0.4, -0.2) is 49.6 Å². The number of carboxylic acid groups (broad SMARTS) is 1. The lowest BCUT2D eigenvalue weighted by Gasteiger charge is -2.17. The van der Waals surface area contributed by atoms with E-state index < -0.39 is 5.97 Å². The molecule has 0 radical (unpaired) electrons. The minimum atomic E-state index is -1.05. The molecular weight excluding hydrogens is 248 g/mol. The number of carboxylic acids is 1. The predicted octanol–water partition coefficient (Wildman–Crippen LogP) is 0.584. The lowest BCUT2D eigenvalue weighted by Crippen LogP contribution is -2.35. The first kappa shape index (κ1) is 13.0. The van der Waals surface area contributed by atoms with Gasteiger partial charge in [0.2, 0.25) is 0 Å². The number of hydrogen-bond donors (Lipinski definition) is 1. The van der Waals surface area contributed by atoms with Gasteiger partial charge in [0, 0.05) is 18.4 Å².